The number of carbonyl (C=O) groups excluding carboxylic acids is 3. The molecule has 4 N–H and O–H groups in total. The number of benzene rings is 3. The minimum Gasteiger partial charge on any atom is -0.457 e. The Hall–Kier alpha value is -4.69. The van der Waals surface area contributed by atoms with E-state index in [1.807, 2.05) is 0 Å². The fourth-order valence-electron chi connectivity index (χ4n) is 3.34. The van der Waals surface area contributed by atoms with Crippen molar-refractivity contribution in [2.45, 2.75) is 6.18 Å². The van der Waals surface area contributed by atoms with Gasteiger partial charge in [0.1, 0.15) is 23.0 Å². The first-order valence-electron chi connectivity index (χ1n) is 11.6. The van der Waals surface area contributed by atoms with Crippen LogP contribution in [0.5, 0.6) is 11.5 Å². The standard InChI is InChI=1S/C27H17BrClF4N5O4/c28-20-7-1-14(11-22(20)30)24(39)37-38-25(40)23-13-18(9-10-34-23)42-17-5-2-15(3-6-17)35-26(41)36-16-4-8-21(29)19(12-16)27(31,32)33/h1-13H,(H,37,39)(H,38,40)(H2,35,36,41). The summed E-state index contributed by atoms with van der Waals surface area (Å²) in [7, 11) is 0. The lowest BCUT2D eigenvalue weighted by Crippen LogP contribution is -2.42. The molecular weight excluding hydrogens is 650 g/mol. The van der Waals surface area contributed by atoms with Crippen LogP contribution >= 0.6 is 27.5 Å². The Morgan fingerprint density at radius 3 is 2.17 bits per heavy atom. The number of anilines is 2. The number of halogens is 6. The molecule has 4 rings (SSSR count). The van der Waals surface area contributed by atoms with Crippen molar-refractivity contribution in [1.82, 2.24) is 15.8 Å². The highest BCUT2D eigenvalue weighted by Crippen LogP contribution is 2.36. The van der Waals surface area contributed by atoms with Gasteiger partial charge in [0.2, 0.25) is 0 Å². The van der Waals surface area contributed by atoms with E-state index in [0.29, 0.717) is 11.4 Å². The number of rotatable bonds is 6. The smallest absolute Gasteiger partial charge is 0.417 e. The van der Waals surface area contributed by atoms with Crippen molar-refractivity contribution < 1.29 is 36.7 Å². The van der Waals surface area contributed by atoms with Crippen LogP contribution in [-0.2, 0) is 6.18 Å². The Kier molecular flexibility index (Phi) is 9.28. The molecule has 0 saturated carbocycles. The third-order valence-corrected chi connectivity index (χ3v) is 6.29. The van der Waals surface area contributed by atoms with Gasteiger partial charge in [0.15, 0.2) is 0 Å². The van der Waals surface area contributed by atoms with Gasteiger partial charge < -0.3 is 15.4 Å². The predicted molar refractivity (Wildman–Crippen MR) is 149 cm³/mol. The third kappa shape index (κ3) is 7.95. The molecule has 1 heterocycles. The minimum absolute atomic E-state index is 0.0166. The summed E-state index contributed by atoms with van der Waals surface area (Å²) in [6.45, 7) is 0. The second kappa shape index (κ2) is 12.9. The van der Waals surface area contributed by atoms with Crippen LogP contribution in [0, 0.1) is 5.82 Å². The second-order valence-electron chi connectivity index (χ2n) is 8.31. The van der Waals surface area contributed by atoms with Crippen LogP contribution in [0.25, 0.3) is 0 Å². The largest absolute Gasteiger partial charge is 0.457 e. The molecule has 4 aromatic rings. The van der Waals surface area contributed by atoms with Gasteiger partial charge in [-0.2, -0.15) is 13.2 Å². The van der Waals surface area contributed by atoms with Gasteiger partial charge in [0.05, 0.1) is 15.1 Å². The number of carbonyl (C=O) groups is 3. The number of hydrazine groups is 1. The topological polar surface area (TPSA) is 121 Å². The van der Waals surface area contributed by atoms with E-state index in [9.17, 15) is 31.9 Å². The lowest BCUT2D eigenvalue weighted by Gasteiger charge is -2.13. The normalized spacial score (nSPS) is 10.9. The Balaban J connectivity index is 1.32. The fraction of sp³-hybridized carbons (Fsp3) is 0.0370. The number of amides is 4. The highest BCUT2D eigenvalue weighted by Gasteiger charge is 2.33. The molecule has 0 bridgehead atoms. The van der Waals surface area contributed by atoms with Crippen molar-refractivity contribution in [2.75, 3.05) is 10.6 Å². The molecule has 1 aromatic heterocycles. The summed E-state index contributed by atoms with van der Waals surface area (Å²) in [5.41, 5.74) is 3.35. The summed E-state index contributed by atoms with van der Waals surface area (Å²) in [6.07, 6.45) is -3.38. The average Bonchev–Trinajstić information content (AvgIpc) is 2.94. The Morgan fingerprint density at radius 2 is 1.48 bits per heavy atom. The highest BCUT2D eigenvalue weighted by atomic mass is 79.9. The molecule has 9 nitrogen and oxygen atoms in total. The average molecular weight is 667 g/mol. The molecule has 4 amide bonds. The predicted octanol–water partition coefficient (Wildman–Crippen LogP) is 7.17. The molecular formula is C27H17BrClF4N5O4. The fourth-order valence-corrected chi connectivity index (χ4v) is 3.81. The van der Waals surface area contributed by atoms with Crippen LogP contribution in [0.3, 0.4) is 0 Å². The van der Waals surface area contributed by atoms with Crippen LogP contribution in [-0.4, -0.2) is 22.8 Å². The van der Waals surface area contributed by atoms with Gasteiger partial charge in [0.25, 0.3) is 11.8 Å². The van der Waals surface area contributed by atoms with Crippen LogP contribution in [0.15, 0.2) is 83.5 Å². The van der Waals surface area contributed by atoms with Crippen LogP contribution in [0.4, 0.5) is 33.7 Å². The zero-order chi connectivity index (χ0) is 30.4. The maximum atomic E-state index is 13.6. The molecule has 0 spiro atoms. The summed E-state index contributed by atoms with van der Waals surface area (Å²) in [5, 5.41) is 4.29. The van der Waals surface area contributed by atoms with Gasteiger partial charge in [-0.1, -0.05) is 11.6 Å². The second-order valence-corrected chi connectivity index (χ2v) is 9.57. The molecule has 0 radical (unpaired) electrons. The molecule has 0 fully saturated rings. The van der Waals surface area contributed by atoms with Crippen LogP contribution in [0.2, 0.25) is 5.02 Å². The van der Waals surface area contributed by atoms with E-state index in [0.717, 1.165) is 18.2 Å². The maximum absolute atomic E-state index is 13.6. The lowest BCUT2D eigenvalue weighted by atomic mass is 10.2. The molecule has 15 heteroatoms. The van der Waals surface area contributed by atoms with Gasteiger partial charge in [-0.3, -0.25) is 25.4 Å². The quantitative estimate of drug-likeness (QED) is 0.129. The zero-order valence-corrected chi connectivity index (χ0v) is 23.2. The van der Waals surface area contributed by atoms with Crippen molar-refractivity contribution in [1.29, 1.82) is 0 Å². The van der Waals surface area contributed by atoms with Gasteiger partial charge in [0, 0.05) is 29.2 Å². The van der Waals surface area contributed by atoms with Crippen molar-refractivity contribution in [3.05, 3.63) is 111 Å². The number of urea groups is 1. The van der Waals surface area contributed by atoms with E-state index >= 15 is 0 Å². The first-order valence-corrected chi connectivity index (χ1v) is 12.8. The number of nitrogens with one attached hydrogen (secondary N) is 4. The van der Waals surface area contributed by atoms with E-state index in [2.05, 4.69) is 42.4 Å². The number of aromatic nitrogens is 1. The monoisotopic (exact) mass is 665 g/mol. The summed E-state index contributed by atoms with van der Waals surface area (Å²) >= 11 is 8.57. The van der Waals surface area contributed by atoms with E-state index < -0.39 is 40.4 Å². The number of hydrogen-bond donors (Lipinski definition) is 4. The van der Waals surface area contributed by atoms with E-state index in [-0.39, 0.29) is 27.2 Å². The SMILES string of the molecule is O=C(Nc1ccc(Oc2ccnc(C(=O)NNC(=O)c3ccc(Br)c(F)c3)c2)cc1)Nc1ccc(Cl)c(C(F)(F)F)c1. The van der Waals surface area contributed by atoms with Gasteiger partial charge in [-0.15, -0.1) is 0 Å². The summed E-state index contributed by atoms with van der Waals surface area (Å²) < 4.78 is 58.6. The third-order valence-electron chi connectivity index (χ3n) is 5.31. The lowest BCUT2D eigenvalue weighted by molar-refractivity contribution is -0.137. The maximum Gasteiger partial charge on any atom is 0.417 e. The summed E-state index contributed by atoms with van der Waals surface area (Å²) in [5.74, 6) is -1.62. The molecule has 216 valence electrons. The molecule has 0 saturated heterocycles. The van der Waals surface area contributed by atoms with Gasteiger partial charge in [-0.05, 0) is 82.7 Å². The number of hydrogen-bond acceptors (Lipinski definition) is 5. The molecule has 42 heavy (non-hydrogen) atoms. The van der Waals surface area contributed by atoms with E-state index in [1.54, 1.807) is 0 Å². The van der Waals surface area contributed by atoms with Gasteiger partial charge in [-0.25, -0.2) is 9.18 Å². The van der Waals surface area contributed by atoms with E-state index in [1.165, 1.54) is 60.8 Å². The Bertz CT molecular complexity index is 1650. The first-order chi connectivity index (χ1) is 19.9. The first kappa shape index (κ1) is 30.3. The number of nitrogens with zero attached hydrogens (tertiary/aromatic N) is 1. The van der Waals surface area contributed by atoms with Crippen molar-refractivity contribution in [3.8, 4) is 11.5 Å². The molecule has 0 unspecified atom stereocenters. The van der Waals surface area contributed by atoms with Crippen molar-refractivity contribution in [2.24, 2.45) is 0 Å². The molecule has 0 aliphatic rings. The van der Waals surface area contributed by atoms with Crippen LogP contribution < -0.4 is 26.2 Å². The molecule has 0 atom stereocenters. The Labute approximate surface area is 248 Å². The molecule has 0 aliphatic heterocycles. The molecule has 0 aliphatic carbocycles. The summed E-state index contributed by atoms with van der Waals surface area (Å²) in [6, 6.07) is 14.6. The molecule has 3 aromatic carbocycles. The number of ether oxygens (including phenoxy) is 1. The number of pyridine rings is 1. The number of alkyl halides is 3. The Morgan fingerprint density at radius 1 is 0.810 bits per heavy atom. The minimum atomic E-state index is -4.68. The summed E-state index contributed by atoms with van der Waals surface area (Å²) in [4.78, 5) is 40.8. The zero-order valence-electron chi connectivity index (χ0n) is 20.9. The van der Waals surface area contributed by atoms with Crippen molar-refractivity contribution >= 4 is 56.8 Å². The van der Waals surface area contributed by atoms with E-state index in [4.69, 9.17) is 16.3 Å². The van der Waals surface area contributed by atoms with Crippen molar-refractivity contribution in [3.63, 3.8) is 0 Å². The van der Waals surface area contributed by atoms with Crippen LogP contribution in [0.1, 0.15) is 26.4 Å². The van der Waals surface area contributed by atoms with Gasteiger partial charge >= 0.3 is 12.2 Å². The highest BCUT2D eigenvalue weighted by molar-refractivity contribution is 9.10.